The van der Waals surface area contributed by atoms with E-state index < -0.39 is 20.2 Å². The van der Waals surface area contributed by atoms with E-state index >= 15 is 0 Å². The molecule has 1 aliphatic heterocycles. The molecule has 2 aliphatic rings. The van der Waals surface area contributed by atoms with Crippen LogP contribution >= 0.6 is 0 Å². The van der Waals surface area contributed by atoms with Gasteiger partial charge in [-0.2, -0.15) is 0 Å². The minimum absolute atomic E-state index is 0.000833. The molecule has 122 valence electrons. The predicted octanol–water partition coefficient (Wildman–Crippen LogP) is 3.08. The Hall–Kier alpha value is -0.203. The van der Waals surface area contributed by atoms with Crippen LogP contribution in [0.25, 0.3) is 0 Å². The third-order valence-corrected chi connectivity index (χ3v) is 9.66. The van der Waals surface area contributed by atoms with E-state index in [-0.39, 0.29) is 23.2 Å². The van der Waals surface area contributed by atoms with Gasteiger partial charge in [0.1, 0.15) is 12.2 Å². The van der Waals surface area contributed by atoms with Crippen LogP contribution in [0.15, 0.2) is 12.2 Å². The predicted molar refractivity (Wildman–Crippen MR) is 85.6 cm³/mol. The summed E-state index contributed by atoms with van der Waals surface area (Å²) in [6.45, 7) is 19.5. The Kier molecular flexibility index (Phi) is 4.22. The highest BCUT2D eigenvalue weighted by Crippen LogP contribution is 2.45. The quantitative estimate of drug-likeness (QED) is 0.642. The van der Waals surface area contributed by atoms with Gasteiger partial charge < -0.3 is 19.0 Å². The van der Waals surface area contributed by atoms with Crippen molar-refractivity contribution in [3.8, 4) is 0 Å². The zero-order chi connectivity index (χ0) is 16.2. The second kappa shape index (κ2) is 5.17. The van der Waals surface area contributed by atoms with Gasteiger partial charge >= 0.3 is 0 Å². The lowest BCUT2D eigenvalue weighted by atomic mass is 10.0. The first-order valence-corrected chi connectivity index (χ1v) is 10.6. The van der Waals surface area contributed by atoms with E-state index in [1.54, 1.807) is 0 Å². The Morgan fingerprint density at radius 2 is 1.76 bits per heavy atom. The fraction of sp³-hybridized carbons (Fsp3) is 0.875. The highest BCUT2D eigenvalue weighted by atomic mass is 28.4. The second-order valence-corrected chi connectivity index (χ2v) is 13.1. The van der Waals surface area contributed by atoms with E-state index in [0.29, 0.717) is 6.61 Å². The van der Waals surface area contributed by atoms with E-state index in [0.717, 1.165) is 5.57 Å². The number of fused-ring (bicyclic) bond motifs is 1. The van der Waals surface area contributed by atoms with Gasteiger partial charge in [0.25, 0.3) is 0 Å². The van der Waals surface area contributed by atoms with Crippen molar-refractivity contribution in [2.75, 3.05) is 6.61 Å². The molecule has 0 radical (unpaired) electrons. The monoisotopic (exact) mass is 314 g/mol. The van der Waals surface area contributed by atoms with Crippen LogP contribution in [-0.4, -0.2) is 44.1 Å². The summed E-state index contributed by atoms with van der Waals surface area (Å²) < 4.78 is 18.1. The molecule has 5 heteroatoms. The minimum Gasteiger partial charge on any atom is -0.416 e. The van der Waals surface area contributed by atoms with Gasteiger partial charge in [0.15, 0.2) is 14.1 Å². The van der Waals surface area contributed by atoms with E-state index in [2.05, 4.69) is 40.4 Å². The van der Waals surface area contributed by atoms with Gasteiger partial charge in [-0.25, -0.2) is 0 Å². The number of ether oxygens (including phenoxy) is 2. The highest BCUT2D eigenvalue weighted by Gasteiger charge is 2.55. The smallest absolute Gasteiger partial charge is 0.192 e. The number of aliphatic hydroxyl groups excluding tert-OH is 1. The van der Waals surface area contributed by atoms with Gasteiger partial charge in [0, 0.05) is 12.5 Å². The number of hydrogen-bond acceptors (Lipinski definition) is 4. The molecule has 1 heterocycles. The Labute approximate surface area is 129 Å². The summed E-state index contributed by atoms with van der Waals surface area (Å²) in [7, 11) is -1.82. The maximum Gasteiger partial charge on any atom is 0.192 e. The lowest BCUT2D eigenvalue weighted by Gasteiger charge is -2.37. The van der Waals surface area contributed by atoms with Crippen LogP contribution in [0, 0.1) is 5.92 Å². The second-order valence-electron chi connectivity index (χ2n) is 8.26. The molecule has 1 unspecified atom stereocenters. The van der Waals surface area contributed by atoms with E-state index in [1.165, 1.54) is 0 Å². The topological polar surface area (TPSA) is 47.9 Å². The molecule has 4 atom stereocenters. The standard InChI is InChI=1S/C16H30O4Si/c1-10-11(9-18-21(7,8)15(2,3)4)13-14(12(10)17)20-16(5,6)19-13/h11-14,17H,1,9H2,2-8H3/t11-,12+,13?,14+/m0/s1. The van der Waals surface area contributed by atoms with E-state index in [9.17, 15) is 5.11 Å². The van der Waals surface area contributed by atoms with Crippen molar-refractivity contribution in [3.05, 3.63) is 12.2 Å². The molecule has 21 heavy (non-hydrogen) atoms. The van der Waals surface area contributed by atoms with Crippen LogP contribution in [0.3, 0.4) is 0 Å². The van der Waals surface area contributed by atoms with Crippen LogP contribution in [0.2, 0.25) is 18.1 Å². The van der Waals surface area contributed by atoms with Crippen LogP contribution in [0.1, 0.15) is 34.6 Å². The first-order valence-electron chi connectivity index (χ1n) is 7.72. The average Bonchev–Trinajstić information content (AvgIpc) is 2.71. The summed E-state index contributed by atoms with van der Waals surface area (Å²) in [5, 5.41) is 10.5. The van der Waals surface area contributed by atoms with Gasteiger partial charge in [0.2, 0.25) is 0 Å². The maximum atomic E-state index is 10.3. The molecule has 0 aromatic rings. The van der Waals surface area contributed by atoms with Crippen molar-refractivity contribution in [1.82, 2.24) is 0 Å². The van der Waals surface area contributed by atoms with Crippen molar-refractivity contribution in [2.24, 2.45) is 5.92 Å². The van der Waals surface area contributed by atoms with Gasteiger partial charge in [0.05, 0.1) is 6.10 Å². The van der Waals surface area contributed by atoms with Gasteiger partial charge in [-0.3, -0.25) is 0 Å². The molecule has 0 amide bonds. The molecule has 1 N–H and O–H groups in total. The van der Waals surface area contributed by atoms with Crippen molar-refractivity contribution in [1.29, 1.82) is 0 Å². The Morgan fingerprint density at radius 3 is 2.29 bits per heavy atom. The van der Waals surface area contributed by atoms with Crippen molar-refractivity contribution < 1.29 is 19.0 Å². The van der Waals surface area contributed by atoms with Crippen LogP contribution < -0.4 is 0 Å². The van der Waals surface area contributed by atoms with Gasteiger partial charge in [-0.05, 0) is 37.6 Å². The van der Waals surface area contributed by atoms with Gasteiger partial charge in [-0.15, -0.1) is 0 Å². The normalized spacial score (nSPS) is 36.1. The fourth-order valence-electron chi connectivity index (χ4n) is 2.73. The van der Waals surface area contributed by atoms with Crippen LogP contribution in [-0.2, 0) is 13.9 Å². The van der Waals surface area contributed by atoms with E-state index in [4.69, 9.17) is 13.9 Å². The molecular weight excluding hydrogens is 284 g/mol. The molecule has 1 saturated heterocycles. The molecule has 1 saturated carbocycles. The van der Waals surface area contributed by atoms with Gasteiger partial charge in [-0.1, -0.05) is 27.4 Å². The number of aliphatic hydroxyl groups is 1. The fourth-order valence-corrected chi connectivity index (χ4v) is 3.76. The molecule has 0 bridgehead atoms. The van der Waals surface area contributed by atoms with Crippen molar-refractivity contribution >= 4 is 8.32 Å². The summed E-state index contributed by atoms with van der Waals surface area (Å²) in [5.74, 6) is -0.646. The molecule has 4 nitrogen and oxygen atoms in total. The van der Waals surface area contributed by atoms with Crippen LogP contribution in [0.4, 0.5) is 0 Å². The Morgan fingerprint density at radius 1 is 1.24 bits per heavy atom. The Balaban J connectivity index is 2.08. The number of hydrogen-bond donors (Lipinski definition) is 1. The summed E-state index contributed by atoms with van der Waals surface area (Å²) in [6.07, 6.45) is -1.14. The first kappa shape index (κ1) is 17.2. The SMILES string of the molecule is C=C1[C@@H](O)[C@H]2OC(C)(C)OC2[C@H]1CO[Si](C)(C)C(C)(C)C. The summed E-state index contributed by atoms with van der Waals surface area (Å²) in [5.41, 5.74) is 0.777. The molecule has 2 rings (SSSR count). The summed E-state index contributed by atoms with van der Waals surface area (Å²) in [4.78, 5) is 0. The van der Waals surface area contributed by atoms with Crippen molar-refractivity contribution in [3.63, 3.8) is 0 Å². The molecule has 0 aromatic heterocycles. The highest BCUT2D eigenvalue weighted by molar-refractivity contribution is 6.74. The van der Waals surface area contributed by atoms with Crippen molar-refractivity contribution in [2.45, 2.75) is 76.8 Å². The number of rotatable bonds is 3. The van der Waals surface area contributed by atoms with Crippen LogP contribution in [0.5, 0.6) is 0 Å². The maximum absolute atomic E-state index is 10.3. The minimum atomic E-state index is -1.82. The third-order valence-electron chi connectivity index (χ3n) is 5.16. The zero-order valence-electron chi connectivity index (χ0n) is 14.4. The molecule has 2 fully saturated rings. The van der Waals surface area contributed by atoms with E-state index in [1.807, 2.05) is 13.8 Å². The molecule has 1 aliphatic carbocycles. The summed E-state index contributed by atoms with van der Waals surface area (Å²) in [6, 6.07) is 0. The molecule has 0 spiro atoms. The first-order chi connectivity index (χ1) is 9.36. The summed E-state index contributed by atoms with van der Waals surface area (Å²) >= 11 is 0. The lowest BCUT2D eigenvalue weighted by molar-refractivity contribution is -0.161. The average molecular weight is 314 g/mol. The lowest BCUT2D eigenvalue weighted by Crippen LogP contribution is -2.43. The molecular formula is C16H30O4Si. The third kappa shape index (κ3) is 3.12. The largest absolute Gasteiger partial charge is 0.416 e. The Bertz CT molecular complexity index is 424. The molecule has 0 aromatic carbocycles. The zero-order valence-corrected chi connectivity index (χ0v) is 15.4.